The molecule has 1 heterocycles. The van der Waals surface area contributed by atoms with Crippen molar-refractivity contribution in [2.75, 3.05) is 21.3 Å². The first kappa shape index (κ1) is 22.3. The van der Waals surface area contributed by atoms with Gasteiger partial charge in [-0.05, 0) is 29.3 Å². The van der Waals surface area contributed by atoms with Crippen LogP contribution in [0.2, 0.25) is 0 Å². The number of urea groups is 1. The number of hydrogen-bond acceptors (Lipinski definition) is 7. The van der Waals surface area contributed by atoms with Gasteiger partial charge < -0.3 is 19.5 Å². The summed E-state index contributed by atoms with van der Waals surface area (Å²) in [7, 11) is 4.39. The predicted octanol–water partition coefficient (Wildman–Crippen LogP) is 1.10. The van der Waals surface area contributed by atoms with Crippen molar-refractivity contribution in [3.8, 4) is 17.2 Å². The maximum Gasteiger partial charge on any atom is 0.328 e. The summed E-state index contributed by atoms with van der Waals surface area (Å²) < 4.78 is 15.8. The second kappa shape index (κ2) is 9.21. The zero-order valence-corrected chi connectivity index (χ0v) is 17.6. The lowest BCUT2D eigenvalue weighted by molar-refractivity contribution is -0.143. The molecule has 1 aliphatic rings. The van der Waals surface area contributed by atoms with Crippen LogP contribution in [0.3, 0.4) is 0 Å². The van der Waals surface area contributed by atoms with Crippen molar-refractivity contribution in [1.29, 1.82) is 0 Å². The van der Waals surface area contributed by atoms with E-state index in [2.05, 4.69) is 5.32 Å². The number of imide groups is 2. The van der Waals surface area contributed by atoms with E-state index in [1.54, 1.807) is 30.3 Å². The molecule has 0 unspecified atom stereocenters. The molecule has 1 saturated heterocycles. The number of hydrogen-bond donors (Lipinski definition) is 3. The van der Waals surface area contributed by atoms with E-state index in [0.29, 0.717) is 22.8 Å². The van der Waals surface area contributed by atoms with E-state index in [4.69, 9.17) is 14.2 Å². The van der Waals surface area contributed by atoms with Crippen molar-refractivity contribution in [2.24, 2.45) is 0 Å². The highest BCUT2D eigenvalue weighted by atomic mass is 16.5. The number of benzene rings is 2. The van der Waals surface area contributed by atoms with E-state index in [1.807, 2.05) is 10.6 Å². The van der Waals surface area contributed by atoms with Gasteiger partial charge in [0.2, 0.25) is 17.2 Å². The summed E-state index contributed by atoms with van der Waals surface area (Å²) in [4.78, 5) is 49.7. The molecular formula is C22H21N3O7. The van der Waals surface area contributed by atoms with Crippen LogP contribution < -0.4 is 30.2 Å². The molecule has 3 N–H and O–H groups in total. The molecule has 0 aromatic heterocycles. The number of ether oxygens (including phenoxy) is 3. The molecule has 10 nitrogen and oxygen atoms in total. The SMILES string of the molecule is COc1cc(/C=C/C(=O)NC2(c3ccccc3)C(=O)NC(=O)NC2=O)cc(OC)c1OC. The fraction of sp³-hybridized carbons (Fsp3) is 0.182. The second-order valence-corrected chi connectivity index (χ2v) is 6.63. The van der Waals surface area contributed by atoms with Gasteiger partial charge in [-0.2, -0.15) is 0 Å². The van der Waals surface area contributed by atoms with Gasteiger partial charge in [0.15, 0.2) is 11.5 Å². The Morgan fingerprint density at radius 2 is 1.47 bits per heavy atom. The average molecular weight is 439 g/mol. The lowest BCUT2D eigenvalue weighted by atomic mass is 9.86. The van der Waals surface area contributed by atoms with E-state index in [1.165, 1.54) is 39.5 Å². The third-order valence-corrected chi connectivity index (χ3v) is 4.77. The van der Waals surface area contributed by atoms with E-state index in [9.17, 15) is 19.2 Å². The minimum absolute atomic E-state index is 0.192. The molecule has 0 aliphatic carbocycles. The van der Waals surface area contributed by atoms with Crippen LogP contribution in [0.15, 0.2) is 48.5 Å². The molecule has 2 aromatic carbocycles. The zero-order valence-electron chi connectivity index (χ0n) is 17.6. The molecule has 0 bridgehead atoms. The van der Waals surface area contributed by atoms with Crippen LogP contribution in [-0.2, 0) is 19.9 Å². The molecule has 5 amide bonds. The Morgan fingerprint density at radius 3 is 1.97 bits per heavy atom. The zero-order chi connectivity index (χ0) is 23.3. The first-order chi connectivity index (χ1) is 15.3. The topological polar surface area (TPSA) is 132 Å². The summed E-state index contributed by atoms with van der Waals surface area (Å²) in [6, 6.07) is 10.2. The summed E-state index contributed by atoms with van der Waals surface area (Å²) in [6.45, 7) is 0. The summed E-state index contributed by atoms with van der Waals surface area (Å²) in [6.07, 6.45) is 2.59. The molecule has 10 heteroatoms. The van der Waals surface area contributed by atoms with Crippen molar-refractivity contribution in [3.05, 3.63) is 59.7 Å². The van der Waals surface area contributed by atoms with Crippen molar-refractivity contribution < 1.29 is 33.4 Å². The Kier molecular flexibility index (Phi) is 6.43. The molecule has 1 fully saturated rings. The lowest BCUT2D eigenvalue weighted by Crippen LogP contribution is -2.71. The Morgan fingerprint density at radius 1 is 0.906 bits per heavy atom. The molecular weight excluding hydrogens is 418 g/mol. The number of carbonyl (C=O) groups excluding carboxylic acids is 4. The fourth-order valence-electron chi connectivity index (χ4n) is 3.26. The molecule has 0 spiro atoms. The standard InChI is InChI=1S/C22H21N3O7/c1-30-15-11-13(12-16(31-2)18(15)32-3)9-10-17(26)25-22(14-7-5-4-6-8-14)19(27)23-21(29)24-20(22)28/h4-12H,1-3H3,(H,25,26)(H2,23,24,27,28,29)/b10-9+. The molecule has 166 valence electrons. The Balaban J connectivity index is 1.93. The Bertz CT molecular complexity index is 1050. The summed E-state index contributed by atoms with van der Waals surface area (Å²) in [5.41, 5.74) is -1.39. The Labute approximate surface area is 183 Å². The van der Waals surface area contributed by atoms with Gasteiger partial charge in [-0.3, -0.25) is 25.0 Å². The van der Waals surface area contributed by atoms with Gasteiger partial charge in [0.1, 0.15) is 0 Å². The van der Waals surface area contributed by atoms with Crippen molar-refractivity contribution >= 4 is 29.8 Å². The van der Waals surface area contributed by atoms with E-state index in [-0.39, 0.29) is 5.56 Å². The summed E-state index contributed by atoms with van der Waals surface area (Å²) in [5.74, 6) is -1.52. The molecule has 32 heavy (non-hydrogen) atoms. The number of carbonyl (C=O) groups is 4. The van der Waals surface area contributed by atoms with Crippen molar-refractivity contribution in [3.63, 3.8) is 0 Å². The van der Waals surface area contributed by atoms with Gasteiger partial charge in [-0.25, -0.2) is 4.79 Å². The third-order valence-electron chi connectivity index (χ3n) is 4.77. The van der Waals surface area contributed by atoms with E-state index in [0.717, 1.165) is 6.08 Å². The lowest BCUT2D eigenvalue weighted by Gasteiger charge is -2.34. The largest absolute Gasteiger partial charge is 0.493 e. The molecule has 0 atom stereocenters. The van der Waals surface area contributed by atoms with Gasteiger partial charge in [0.25, 0.3) is 11.8 Å². The summed E-state index contributed by atoms with van der Waals surface area (Å²) >= 11 is 0. The van der Waals surface area contributed by atoms with Crippen molar-refractivity contribution in [1.82, 2.24) is 16.0 Å². The molecule has 2 aromatic rings. The number of amides is 5. The third kappa shape index (κ3) is 4.10. The normalized spacial score (nSPS) is 15.0. The average Bonchev–Trinajstić information content (AvgIpc) is 2.79. The quantitative estimate of drug-likeness (QED) is 0.435. The first-order valence-electron chi connectivity index (χ1n) is 9.38. The van der Waals surface area contributed by atoms with Gasteiger partial charge in [-0.15, -0.1) is 0 Å². The van der Waals surface area contributed by atoms with Crippen molar-refractivity contribution in [2.45, 2.75) is 5.54 Å². The molecule has 0 radical (unpaired) electrons. The first-order valence-corrected chi connectivity index (χ1v) is 9.38. The number of barbiturate groups is 1. The minimum atomic E-state index is -2.12. The highest BCUT2D eigenvalue weighted by Gasteiger charge is 2.52. The maximum atomic E-state index is 12.7. The van der Waals surface area contributed by atoms with Crippen LogP contribution in [0.25, 0.3) is 6.08 Å². The number of methoxy groups -OCH3 is 3. The van der Waals surface area contributed by atoms with E-state index >= 15 is 0 Å². The van der Waals surface area contributed by atoms with Gasteiger partial charge >= 0.3 is 6.03 Å². The van der Waals surface area contributed by atoms with Gasteiger partial charge in [-0.1, -0.05) is 30.3 Å². The fourth-order valence-corrected chi connectivity index (χ4v) is 3.26. The second-order valence-electron chi connectivity index (χ2n) is 6.63. The van der Waals surface area contributed by atoms with Crippen LogP contribution >= 0.6 is 0 Å². The van der Waals surface area contributed by atoms with Crippen LogP contribution in [0.1, 0.15) is 11.1 Å². The van der Waals surface area contributed by atoms with Gasteiger partial charge in [0, 0.05) is 6.08 Å². The number of nitrogens with one attached hydrogen (secondary N) is 3. The highest BCUT2D eigenvalue weighted by molar-refractivity contribution is 6.24. The van der Waals surface area contributed by atoms with Crippen LogP contribution in [0.5, 0.6) is 17.2 Å². The van der Waals surface area contributed by atoms with E-state index < -0.39 is 29.3 Å². The smallest absolute Gasteiger partial charge is 0.328 e. The highest BCUT2D eigenvalue weighted by Crippen LogP contribution is 2.38. The summed E-state index contributed by atoms with van der Waals surface area (Å²) in [5, 5.41) is 6.48. The predicted molar refractivity (Wildman–Crippen MR) is 113 cm³/mol. The van der Waals surface area contributed by atoms with Crippen LogP contribution in [0, 0.1) is 0 Å². The van der Waals surface area contributed by atoms with Crippen LogP contribution in [-0.4, -0.2) is 45.1 Å². The number of rotatable bonds is 7. The Hall–Kier alpha value is -4.34. The minimum Gasteiger partial charge on any atom is -0.493 e. The maximum absolute atomic E-state index is 12.7. The molecule has 0 saturated carbocycles. The monoisotopic (exact) mass is 439 g/mol. The molecule has 3 rings (SSSR count). The van der Waals surface area contributed by atoms with Crippen LogP contribution in [0.4, 0.5) is 4.79 Å². The molecule has 1 aliphatic heterocycles. The van der Waals surface area contributed by atoms with Gasteiger partial charge in [0.05, 0.1) is 21.3 Å².